The first kappa shape index (κ1) is 11.5. The van der Waals surface area contributed by atoms with E-state index in [0.29, 0.717) is 24.2 Å². The van der Waals surface area contributed by atoms with E-state index in [2.05, 4.69) is 24.1 Å². The predicted octanol–water partition coefficient (Wildman–Crippen LogP) is 1.33. The molecule has 0 radical (unpaired) electrons. The Kier molecular flexibility index (Phi) is 4.58. The summed E-state index contributed by atoms with van der Waals surface area (Å²) in [4.78, 5) is 4.00. The highest BCUT2D eigenvalue weighted by Gasteiger charge is 1.97. The average molecular weight is 205 g/mol. The maximum Gasteiger partial charge on any atom is 0.214 e. The molecule has 0 saturated heterocycles. The average Bonchev–Trinajstić information content (AvgIpc) is 2.24. The van der Waals surface area contributed by atoms with E-state index in [4.69, 9.17) is 10.00 Å². The largest absolute Gasteiger partial charge is 0.476 e. The van der Waals surface area contributed by atoms with E-state index in [1.807, 2.05) is 6.07 Å². The van der Waals surface area contributed by atoms with Gasteiger partial charge >= 0.3 is 0 Å². The van der Waals surface area contributed by atoms with Crippen molar-refractivity contribution in [2.45, 2.75) is 19.9 Å². The lowest BCUT2D eigenvalue weighted by molar-refractivity contribution is 0.297. The Morgan fingerprint density at radius 1 is 1.53 bits per heavy atom. The molecule has 0 aliphatic rings. The van der Waals surface area contributed by atoms with Crippen LogP contribution < -0.4 is 10.1 Å². The molecule has 1 N–H and O–H groups in total. The molecule has 0 aromatic carbocycles. The molecule has 1 aromatic rings. The van der Waals surface area contributed by atoms with Gasteiger partial charge in [-0.15, -0.1) is 0 Å². The summed E-state index contributed by atoms with van der Waals surface area (Å²) in [5, 5.41) is 11.9. The minimum atomic E-state index is 0.379. The molecular weight excluding hydrogens is 190 g/mol. The Morgan fingerprint density at radius 2 is 2.33 bits per heavy atom. The number of pyridine rings is 1. The van der Waals surface area contributed by atoms with Crippen molar-refractivity contribution in [3.8, 4) is 11.9 Å². The van der Waals surface area contributed by atoms with Crippen LogP contribution in [0.2, 0.25) is 0 Å². The number of aromatic nitrogens is 1. The van der Waals surface area contributed by atoms with Crippen LogP contribution in [0.4, 0.5) is 0 Å². The molecule has 0 aliphatic heterocycles. The highest BCUT2D eigenvalue weighted by atomic mass is 16.5. The van der Waals surface area contributed by atoms with Crippen molar-refractivity contribution < 1.29 is 4.74 Å². The highest BCUT2D eigenvalue weighted by molar-refractivity contribution is 5.24. The molecule has 80 valence electrons. The van der Waals surface area contributed by atoms with Crippen molar-refractivity contribution >= 4 is 0 Å². The molecule has 0 amide bonds. The standard InChI is InChI=1S/C11H15N3O/c1-9(2)13-6-7-15-11-5-3-4-10(8-12)14-11/h3-5,9,13H,6-7H2,1-2H3. The van der Waals surface area contributed by atoms with Crippen LogP contribution in [0.25, 0.3) is 0 Å². The Morgan fingerprint density at radius 3 is 3.00 bits per heavy atom. The van der Waals surface area contributed by atoms with Crippen molar-refractivity contribution in [2.75, 3.05) is 13.2 Å². The zero-order chi connectivity index (χ0) is 11.1. The van der Waals surface area contributed by atoms with Gasteiger partial charge in [0.25, 0.3) is 0 Å². The molecule has 4 heteroatoms. The zero-order valence-electron chi connectivity index (χ0n) is 9.03. The summed E-state index contributed by atoms with van der Waals surface area (Å²) in [6, 6.07) is 7.58. The molecule has 0 bridgehead atoms. The second-order valence-corrected chi connectivity index (χ2v) is 3.43. The van der Waals surface area contributed by atoms with Crippen molar-refractivity contribution in [1.82, 2.24) is 10.3 Å². The third kappa shape index (κ3) is 4.43. The van der Waals surface area contributed by atoms with E-state index in [1.165, 1.54) is 0 Å². The topological polar surface area (TPSA) is 57.9 Å². The maximum atomic E-state index is 8.63. The van der Waals surface area contributed by atoms with Gasteiger partial charge in [0.1, 0.15) is 18.4 Å². The highest BCUT2D eigenvalue weighted by Crippen LogP contribution is 2.06. The van der Waals surface area contributed by atoms with Crippen LogP contribution in [0.3, 0.4) is 0 Å². The SMILES string of the molecule is CC(C)NCCOc1cccc(C#N)n1. The molecule has 0 fully saturated rings. The van der Waals surface area contributed by atoms with Gasteiger partial charge in [0.2, 0.25) is 5.88 Å². The summed E-state index contributed by atoms with van der Waals surface area (Å²) < 4.78 is 5.37. The lowest BCUT2D eigenvalue weighted by Gasteiger charge is -2.08. The van der Waals surface area contributed by atoms with E-state index in [-0.39, 0.29) is 0 Å². The Bertz CT molecular complexity index is 344. The maximum absolute atomic E-state index is 8.63. The van der Waals surface area contributed by atoms with E-state index < -0.39 is 0 Å². The Hall–Kier alpha value is -1.60. The van der Waals surface area contributed by atoms with Gasteiger partial charge in [-0.05, 0) is 6.07 Å². The number of nitrogens with one attached hydrogen (secondary N) is 1. The molecule has 1 aromatic heterocycles. The number of ether oxygens (including phenoxy) is 1. The molecule has 0 unspecified atom stereocenters. The van der Waals surface area contributed by atoms with Crippen molar-refractivity contribution in [2.24, 2.45) is 0 Å². The van der Waals surface area contributed by atoms with Crippen LogP contribution >= 0.6 is 0 Å². The van der Waals surface area contributed by atoms with Gasteiger partial charge in [-0.1, -0.05) is 19.9 Å². The second kappa shape index (κ2) is 5.99. The normalized spacial score (nSPS) is 10.0. The Balaban J connectivity index is 2.35. The van der Waals surface area contributed by atoms with Gasteiger partial charge in [-0.3, -0.25) is 0 Å². The van der Waals surface area contributed by atoms with Gasteiger partial charge in [0.05, 0.1) is 0 Å². The molecule has 1 heterocycles. The van der Waals surface area contributed by atoms with Crippen LogP contribution in [-0.4, -0.2) is 24.2 Å². The molecule has 15 heavy (non-hydrogen) atoms. The van der Waals surface area contributed by atoms with Crippen LogP contribution in [-0.2, 0) is 0 Å². The third-order valence-electron chi connectivity index (χ3n) is 1.74. The number of hydrogen-bond donors (Lipinski definition) is 1. The fourth-order valence-corrected chi connectivity index (χ4v) is 1.06. The quantitative estimate of drug-likeness (QED) is 0.737. The minimum Gasteiger partial charge on any atom is -0.476 e. The summed E-state index contributed by atoms with van der Waals surface area (Å²) >= 11 is 0. The first-order chi connectivity index (χ1) is 7.22. The number of rotatable bonds is 5. The summed E-state index contributed by atoms with van der Waals surface area (Å²) in [7, 11) is 0. The van der Waals surface area contributed by atoms with Gasteiger partial charge in [0.15, 0.2) is 0 Å². The summed E-state index contributed by atoms with van der Waals surface area (Å²) in [6.45, 7) is 5.49. The van der Waals surface area contributed by atoms with Crippen LogP contribution in [0.1, 0.15) is 19.5 Å². The summed E-state index contributed by atoms with van der Waals surface area (Å²) in [5.74, 6) is 0.500. The molecule has 0 spiro atoms. The molecule has 0 saturated carbocycles. The van der Waals surface area contributed by atoms with Crippen LogP contribution in [0.5, 0.6) is 5.88 Å². The Labute approximate surface area is 89.9 Å². The lowest BCUT2D eigenvalue weighted by Crippen LogP contribution is -2.27. The van der Waals surface area contributed by atoms with E-state index in [0.717, 1.165) is 6.54 Å². The zero-order valence-corrected chi connectivity index (χ0v) is 9.03. The molecule has 1 rings (SSSR count). The first-order valence-electron chi connectivity index (χ1n) is 4.95. The predicted molar refractivity (Wildman–Crippen MR) is 57.6 cm³/mol. The van der Waals surface area contributed by atoms with Crippen molar-refractivity contribution in [3.63, 3.8) is 0 Å². The molecule has 0 atom stereocenters. The number of nitrogens with zero attached hydrogens (tertiary/aromatic N) is 2. The molecule has 4 nitrogen and oxygen atoms in total. The third-order valence-corrected chi connectivity index (χ3v) is 1.74. The van der Waals surface area contributed by atoms with Crippen molar-refractivity contribution in [1.29, 1.82) is 5.26 Å². The molecular formula is C11H15N3O. The minimum absolute atomic E-state index is 0.379. The van der Waals surface area contributed by atoms with Gasteiger partial charge < -0.3 is 10.1 Å². The fourth-order valence-electron chi connectivity index (χ4n) is 1.06. The number of nitriles is 1. The van der Waals surface area contributed by atoms with Gasteiger partial charge in [0, 0.05) is 18.7 Å². The monoisotopic (exact) mass is 205 g/mol. The van der Waals surface area contributed by atoms with Gasteiger partial charge in [-0.25, -0.2) is 4.98 Å². The number of hydrogen-bond acceptors (Lipinski definition) is 4. The molecule has 0 aliphatic carbocycles. The second-order valence-electron chi connectivity index (χ2n) is 3.43. The van der Waals surface area contributed by atoms with E-state index in [9.17, 15) is 0 Å². The first-order valence-corrected chi connectivity index (χ1v) is 4.95. The summed E-state index contributed by atoms with van der Waals surface area (Å²) in [6.07, 6.45) is 0. The van der Waals surface area contributed by atoms with Crippen LogP contribution in [0.15, 0.2) is 18.2 Å². The fraction of sp³-hybridized carbons (Fsp3) is 0.455. The van der Waals surface area contributed by atoms with E-state index >= 15 is 0 Å². The lowest BCUT2D eigenvalue weighted by atomic mass is 10.4. The van der Waals surface area contributed by atoms with Gasteiger partial charge in [-0.2, -0.15) is 5.26 Å². The van der Waals surface area contributed by atoms with E-state index in [1.54, 1.807) is 18.2 Å². The van der Waals surface area contributed by atoms with Crippen molar-refractivity contribution in [3.05, 3.63) is 23.9 Å². The van der Waals surface area contributed by atoms with Crippen LogP contribution in [0, 0.1) is 11.3 Å². The smallest absolute Gasteiger partial charge is 0.214 e. The summed E-state index contributed by atoms with van der Waals surface area (Å²) in [5.41, 5.74) is 0.379.